The van der Waals surface area contributed by atoms with Crippen LogP contribution in [-0.2, 0) is 4.79 Å². The number of rotatable bonds is 6. The quantitative estimate of drug-likeness (QED) is 0.595. The van der Waals surface area contributed by atoms with E-state index in [4.69, 9.17) is 32.7 Å². The second-order valence-corrected chi connectivity index (χ2v) is 6.82. The third kappa shape index (κ3) is 5.58. The second kappa shape index (κ2) is 8.91. The number of ether oxygens (including phenoxy) is 2. The normalized spacial score (nSPS) is 10.4. The van der Waals surface area contributed by atoms with Gasteiger partial charge in [-0.15, -0.1) is 0 Å². The fourth-order valence-corrected chi connectivity index (χ4v) is 2.88. The van der Waals surface area contributed by atoms with Crippen molar-refractivity contribution in [2.45, 2.75) is 13.8 Å². The number of carbonyl (C=O) groups excluding carboxylic acids is 1. The van der Waals surface area contributed by atoms with E-state index in [2.05, 4.69) is 15.3 Å². The zero-order chi connectivity index (χ0) is 20.1. The molecular formula is C20H17Cl2N3O3. The van der Waals surface area contributed by atoms with Crippen LogP contribution in [0.2, 0.25) is 10.0 Å². The Bertz CT molecular complexity index is 991. The van der Waals surface area contributed by atoms with Gasteiger partial charge in [-0.3, -0.25) is 4.79 Å². The number of aryl methyl sites for hydroxylation is 2. The molecule has 0 atom stereocenters. The predicted molar refractivity (Wildman–Crippen MR) is 109 cm³/mol. The zero-order valence-electron chi connectivity index (χ0n) is 15.2. The monoisotopic (exact) mass is 417 g/mol. The molecule has 0 aliphatic carbocycles. The molecular weight excluding hydrogens is 401 g/mol. The molecule has 1 aromatic heterocycles. The van der Waals surface area contributed by atoms with Gasteiger partial charge >= 0.3 is 6.01 Å². The minimum atomic E-state index is -0.342. The molecule has 0 fully saturated rings. The summed E-state index contributed by atoms with van der Waals surface area (Å²) in [7, 11) is 0. The third-order valence-corrected chi connectivity index (χ3v) is 4.07. The SMILES string of the molecule is Cc1cc(C)nc(Oc2cccc(NC(=O)COc3ccc(Cl)cc3Cl)c2)n1. The van der Waals surface area contributed by atoms with E-state index in [9.17, 15) is 4.79 Å². The van der Waals surface area contributed by atoms with Gasteiger partial charge in [0.25, 0.3) is 5.91 Å². The van der Waals surface area contributed by atoms with Gasteiger partial charge in [-0.05, 0) is 50.2 Å². The standard InChI is InChI=1S/C20H17Cl2N3O3/c1-12-8-13(2)24-20(23-12)28-16-5-3-4-15(10-16)25-19(26)11-27-18-7-6-14(21)9-17(18)22/h3-10H,11H2,1-2H3,(H,25,26). The molecule has 3 rings (SSSR count). The van der Waals surface area contributed by atoms with Gasteiger partial charge in [-0.2, -0.15) is 0 Å². The van der Waals surface area contributed by atoms with Crippen LogP contribution in [0.25, 0.3) is 0 Å². The molecule has 0 saturated carbocycles. The molecule has 1 N–H and O–H groups in total. The van der Waals surface area contributed by atoms with Crippen LogP contribution >= 0.6 is 23.2 Å². The van der Waals surface area contributed by atoms with Gasteiger partial charge in [-0.25, -0.2) is 9.97 Å². The number of anilines is 1. The summed E-state index contributed by atoms with van der Waals surface area (Å²) in [5.74, 6) is 0.542. The second-order valence-electron chi connectivity index (χ2n) is 5.97. The highest BCUT2D eigenvalue weighted by Gasteiger charge is 2.09. The first-order chi connectivity index (χ1) is 13.4. The maximum absolute atomic E-state index is 12.2. The van der Waals surface area contributed by atoms with Gasteiger partial charge in [0.15, 0.2) is 6.61 Å². The molecule has 3 aromatic rings. The van der Waals surface area contributed by atoms with Crippen molar-refractivity contribution in [1.82, 2.24) is 9.97 Å². The van der Waals surface area contributed by atoms with Crippen molar-refractivity contribution in [3.05, 3.63) is 70.0 Å². The molecule has 2 aromatic carbocycles. The number of aromatic nitrogens is 2. The molecule has 6 nitrogen and oxygen atoms in total. The number of hydrogen-bond acceptors (Lipinski definition) is 5. The summed E-state index contributed by atoms with van der Waals surface area (Å²) in [6, 6.07) is 13.8. The van der Waals surface area contributed by atoms with Crippen LogP contribution in [0.15, 0.2) is 48.5 Å². The fourth-order valence-electron chi connectivity index (χ4n) is 2.41. The molecule has 1 amide bonds. The number of nitrogens with one attached hydrogen (secondary N) is 1. The summed E-state index contributed by atoms with van der Waals surface area (Å²) in [6.07, 6.45) is 0. The van der Waals surface area contributed by atoms with E-state index >= 15 is 0 Å². The third-order valence-electron chi connectivity index (χ3n) is 3.54. The van der Waals surface area contributed by atoms with Crippen molar-refractivity contribution in [3.63, 3.8) is 0 Å². The van der Waals surface area contributed by atoms with Crippen molar-refractivity contribution in [1.29, 1.82) is 0 Å². The Kier molecular flexibility index (Phi) is 6.34. The molecule has 0 saturated heterocycles. The van der Waals surface area contributed by atoms with Crippen molar-refractivity contribution in [3.8, 4) is 17.5 Å². The minimum Gasteiger partial charge on any atom is -0.482 e. The van der Waals surface area contributed by atoms with Crippen molar-refractivity contribution >= 4 is 34.8 Å². The lowest BCUT2D eigenvalue weighted by molar-refractivity contribution is -0.118. The predicted octanol–water partition coefficient (Wildman–Crippen LogP) is 5.21. The first kappa shape index (κ1) is 19.9. The van der Waals surface area contributed by atoms with E-state index in [1.807, 2.05) is 19.9 Å². The van der Waals surface area contributed by atoms with E-state index in [0.29, 0.717) is 27.2 Å². The Balaban J connectivity index is 1.61. The molecule has 0 aliphatic heterocycles. The van der Waals surface area contributed by atoms with Gasteiger partial charge < -0.3 is 14.8 Å². The molecule has 8 heteroatoms. The first-order valence-electron chi connectivity index (χ1n) is 8.37. The maximum atomic E-state index is 12.2. The average molecular weight is 418 g/mol. The highest BCUT2D eigenvalue weighted by molar-refractivity contribution is 6.35. The lowest BCUT2D eigenvalue weighted by atomic mass is 10.3. The number of hydrogen-bond donors (Lipinski definition) is 1. The Hall–Kier alpha value is -2.83. The zero-order valence-corrected chi connectivity index (χ0v) is 16.7. The van der Waals surface area contributed by atoms with Gasteiger partial charge in [0.2, 0.25) is 0 Å². The average Bonchev–Trinajstić information content (AvgIpc) is 2.60. The number of nitrogens with zero attached hydrogens (tertiary/aromatic N) is 2. The number of halogens is 2. The van der Waals surface area contributed by atoms with E-state index in [1.54, 1.807) is 42.5 Å². The summed E-state index contributed by atoms with van der Waals surface area (Å²) >= 11 is 11.9. The number of benzene rings is 2. The molecule has 144 valence electrons. The van der Waals surface area contributed by atoms with Gasteiger partial charge in [0, 0.05) is 28.2 Å². The Morgan fingerprint density at radius 2 is 1.79 bits per heavy atom. The Labute approximate surface area is 172 Å². The van der Waals surface area contributed by atoms with Crippen LogP contribution in [0, 0.1) is 13.8 Å². The summed E-state index contributed by atoms with van der Waals surface area (Å²) in [5.41, 5.74) is 2.17. The van der Waals surface area contributed by atoms with Crippen molar-refractivity contribution < 1.29 is 14.3 Å². The molecule has 0 bridgehead atoms. The highest BCUT2D eigenvalue weighted by Crippen LogP contribution is 2.27. The van der Waals surface area contributed by atoms with Crippen molar-refractivity contribution in [2.24, 2.45) is 0 Å². The van der Waals surface area contributed by atoms with E-state index in [1.165, 1.54) is 0 Å². The molecule has 28 heavy (non-hydrogen) atoms. The van der Waals surface area contributed by atoms with Gasteiger partial charge in [0.05, 0.1) is 5.02 Å². The highest BCUT2D eigenvalue weighted by atomic mass is 35.5. The molecule has 1 heterocycles. The molecule has 0 unspecified atom stereocenters. The lowest BCUT2D eigenvalue weighted by Crippen LogP contribution is -2.20. The molecule has 0 aliphatic rings. The Morgan fingerprint density at radius 3 is 2.50 bits per heavy atom. The smallest absolute Gasteiger partial charge is 0.322 e. The number of carbonyl (C=O) groups is 1. The van der Waals surface area contributed by atoms with Crippen molar-refractivity contribution in [2.75, 3.05) is 11.9 Å². The van der Waals surface area contributed by atoms with Crippen LogP contribution in [-0.4, -0.2) is 22.5 Å². The summed E-state index contributed by atoms with van der Waals surface area (Å²) < 4.78 is 11.1. The van der Waals surface area contributed by atoms with Crippen LogP contribution in [0.4, 0.5) is 5.69 Å². The fraction of sp³-hybridized carbons (Fsp3) is 0.150. The Morgan fingerprint density at radius 1 is 1.04 bits per heavy atom. The largest absolute Gasteiger partial charge is 0.482 e. The topological polar surface area (TPSA) is 73.3 Å². The summed E-state index contributed by atoms with van der Waals surface area (Å²) in [6.45, 7) is 3.53. The minimum absolute atomic E-state index is 0.202. The molecule has 0 spiro atoms. The van der Waals surface area contributed by atoms with Crippen LogP contribution in [0.3, 0.4) is 0 Å². The summed E-state index contributed by atoms with van der Waals surface area (Å²) in [4.78, 5) is 20.6. The first-order valence-corrected chi connectivity index (χ1v) is 9.12. The van der Waals surface area contributed by atoms with Crippen LogP contribution < -0.4 is 14.8 Å². The van der Waals surface area contributed by atoms with Crippen LogP contribution in [0.5, 0.6) is 17.5 Å². The van der Waals surface area contributed by atoms with Gasteiger partial charge in [-0.1, -0.05) is 29.3 Å². The summed E-state index contributed by atoms with van der Waals surface area (Å²) in [5, 5.41) is 3.57. The number of amides is 1. The van der Waals surface area contributed by atoms with Gasteiger partial charge in [0.1, 0.15) is 11.5 Å². The van der Waals surface area contributed by atoms with E-state index in [0.717, 1.165) is 11.4 Å². The lowest BCUT2D eigenvalue weighted by Gasteiger charge is -2.10. The van der Waals surface area contributed by atoms with E-state index in [-0.39, 0.29) is 18.5 Å². The van der Waals surface area contributed by atoms with Crippen LogP contribution in [0.1, 0.15) is 11.4 Å². The maximum Gasteiger partial charge on any atom is 0.322 e. The van der Waals surface area contributed by atoms with E-state index < -0.39 is 0 Å². The molecule has 0 radical (unpaired) electrons.